The van der Waals surface area contributed by atoms with E-state index >= 15 is 0 Å². The van der Waals surface area contributed by atoms with Crippen molar-refractivity contribution in [1.82, 2.24) is 4.90 Å². The van der Waals surface area contributed by atoms with Gasteiger partial charge in [-0.3, -0.25) is 9.59 Å². The van der Waals surface area contributed by atoms with Gasteiger partial charge in [0.1, 0.15) is 0 Å². The van der Waals surface area contributed by atoms with E-state index in [1.165, 1.54) is 0 Å². The summed E-state index contributed by atoms with van der Waals surface area (Å²) in [4.78, 5) is 25.6. The largest absolute Gasteiger partial charge is 0.466 e. The minimum absolute atomic E-state index is 0.0316. The molecule has 1 amide bonds. The van der Waals surface area contributed by atoms with E-state index in [1.54, 1.807) is 0 Å². The number of rotatable bonds is 4. The van der Waals surface area contributed by atoms with Gasteiger partial charge in [0.15, 0.2) is 0 Å². The summed E-state index contributed by atoms with van der Waals surface area (Å²) < 4.78 is 5.06. The highest BCUT2D eigenvalue weighted by molar-refractivity contribution is 5.79. The van der Waals surface area contributed by atoms with Crippen molar-refractivity contribution in [2.24, 2.45) is 11.8 Å². The van der Waals surface area contributed by atoms with Crippen LogP contribution in [0, 0.1) is 11.8 Å². The zero-order valence-corrected chi connectivity index (χ0v) is 11.6. The number of hydrogen-bond acceptors (Lipinski definition) is 3. The summed E-state index contributed by atoms with van der Waals surface area (Å²) in [7, 11) is 0. The second-order valence-electron chi connectivity index (χ2n) is 5.50. The first kappa shape index (κ1) is 14.1. The maximum atomic E-state index is 11.9. The van der Waals surface area contributed by atoms with Gasteiger partial charge in [-0.1, -0.05) is 6.08 Å². The van der Waals surface area contributed by atoms with Crippen LogP contribution in [0.2, 0.25) is 0 Å². The van der Waals surface area contributed by atoms with Crippen LogP contribution in [0.3, 0.4) is 0 Å². The first-order valence-electron chi connectivity index (χ1n) is 7.24. The fraction of sp³-hybridized carbons (Fsp3) is 0.733. The Morgan fingerprint density at radius 3 is 2.63 bits per heavy atom. The summed E-state index contributed by atoms with van der Waals surface area (Å²) in [6, 6.07) is 0.308. The van der Waals surface area contributed by atoms with E-state index in [9.17, 15) is 9.59 Å². The molecular weight excluding hydrogens is 242 g/mol. The van der Waals surface area contributed by atoms with E-state index in [0.717, 1.165) is 32.2 Å². The minimum atomic E-state index is -0.0716. The Morgan fingerprint density at radius 1 is 1.42 bits per heavy atom. The Kier molecular flexibility index (Phi) is 4.61. The van der Waals surface area contributed by atoms with Crippen LogP contribution in [-0.4, -0.2) is 36.0 Å². The summed E-state index contributed by atoms with van der Waals surface area (Å²) in [5.74, 6) is 0.501. The number of amides is 1. The standard InChI is InChI=1S/C15H23NO3/c1-3-11-9-14(17)16(10-11)13-7-5-12(6-8-13)15(18)19-4-2/h3,11-13H,1,4-10H2,2H3. The van der Waals surface area contributed by atoms with E-state index < -0.39 is 0 Å². The smallest absolute Gasteiger partial charge is 0.308 e. The second-order valence-corrected chi connectivity index (χ2v) is 5.50. The van der Waals surface area contributed by atoms with Gasteiger partial charge in [-0.25, -0.2) is 0 Å². The van der Waals surface area contributed by atoms with Crippen molar-refractivity contribution in [1.29, 1.82) is 0 Å². The monoisotopic (exact) mass is 265 g/mol. The Labute approximate surface area is 114 Å². The van der Waals surface area contributed by atoms with Gasteiger partial charge < -0.3 is 9.64 Å². The van der Waals surface area contributed by atoms with Crippen molar-refractivity contribution in [2.75, 3.05) is 13.2 Å². The van der Waals surface area contributed by atoms with Gasteiger partial charge >= 0.3 is 5.97 Å². The first-order valence-corrected chi connectivity index (χ1v) is 7.24. The van der Waals surface area contributed by atoms with Gasteiger partial charge in [-0.2, -0.15) is 0 Å². The molecule has 2 aliphatic rings. The molecule has 19 heavy (non-hydrogen) atoms. The fourth-order valence-corrected chi connectivity index (χ4v) is 3.15. The summed E-state index contributed by atoms with van der Waals surface area (Å²) >= 11 is 0. The molecule has 2 rings (SSSR count). The Hall–Kier alpha value is -1.32. The van der Waals surface area contributed by atoms with Crippen LogP contribution in [-0.2, 0) is 14.3 Å². The molecule has 1 atom stereocenters. The molecule has 0 radical (unpaired) electrons. The van der Waals surface area contributed by atoms with E-state index in [1.807, 2.05) is 17.9 Å². The van der Waals surface area contributed by atoms with Crippen molar-refractivity contribution in [2.45, 2.75) is 45.1 Å². The third-order valence-corrected chi connectivity index (χ3v) is 4.28. The lowest BCUT2D eigenvalue weighted by atomic mass is 9.85. The van der Waals surface area contributed by atoms with Gasteiger partial charge in [0, 0.05) is 24.9 Å². The van der Waals surface area contributed by atoms with Gasteiger partial charge in [0.05, 0.1) is 12.5 Å². The molecule has 0 bridgehead atoms. The Morgan fingerprint density at radius 2 is 2.11 bits per heavy atom. The van der Waals surface area contributed by atoms with Gasteiger partial charge in [0.25, 0.3) is 0 Å². The lowest BCUT2D eigenvalue weighted by molar-refractivity contribution is -0.149. The van der Waals surface area contributed by atoms with E-state index in [-0.39, 0.29) is 17.8 Å². The molecule has 0 N–H and O–H groups in total. The molecule has 1 unspecified atom stereocenters. The zero-order chi connectivity index (χ0) is 13.8. The molecule has 0 aromatic rings. The van der Waals surface area contributed by atoms with Crippen LogP contribution in [0.4, 0.5) is 0 Å². The molecule has 4 nitrogen and oxygen atoms in total. The van der Waals surface area contributed by atoms with Crippen LogP contribution in [0.5, 0.6) is 0 Å². The predicted octanol–water partition coefficient (Wildman–Crippen LogP) is 2.14. The van der Waals surface area contributed by atoms with Gasteiger partial charge in [-0.15, -0.1) is 6.58 Å². The maximum Gasteiger partial charge on any atom is 0.308 e. The van der Waals surface area contributed by atoms with Crippen LogP contribution >= 0.6 is 0 Å². The van der Waals surface area contributed by atoms with E-state index in [2.05, 4.69) is 6.58 Å². The molecule has 2 fully saturated rings. The maximum absolute atomic E-state index is 11.9. The fourth-order valence-electron chi connectivity index (χ4n) is 3.15. The summed E-state index contributed by atoms with van der Waals surface area (Å²) in [6.45, 7) is 6.86. The van der Waals surface area contributed by atoms with Gasteiger partial charge in [0.2, 0.25) is 5.91 Å². The third-order valence-electron chi connectivity index (χ3n) is 4.28. The highest BCUT2D eigenvalue weighted by Gasteiger charge is 2.36. The molecule has 1 aliphatic heterocycles. The second kappa shape index (κ2) is 6.22. The highest BCUT2D eigenvalue weighted by Crippen LogP contribution is 2.32. The van der Waals surface area contributed by atoms with Crippen molar-refractivity contribution in [3.05, 3.63) is 12.7 Å². The van der Waals surface area contributed by atoms with Gasteiger partial charge in [-0.05, 0) is 32.6 Å². The highest BCUT2D eigenvalue weighted by atomic mass is 16.5. The molecule has 1 saturated heterocycles. The van der Waals surface area contributed by atoms with Crippen molar-refractivity contribution in [3.8, 4) is 0 Å². The molecule has 0 aromatic heterocycles. The van der Waals surface area contributed by atoms with Crippen molar-refractivity contribution < 1.29 is 14.3 Å². The number of carbonyl (C=O) groups excluding carboxylic acids is 2. The van der Waals surface area contributed by atoms with Crippen LogP contribution in [0.15, 0.2) is 12.7 Å². The molecule has 1 aliphatic carbocycles. The molecule has 4 heteroatoms. The Balaban J connectivity index is 1.85. The normalized spacial score (nSPS) is 31.3. The summed E-state index contributed by atoms with van der Waals surface area (Å²) in [5, 5.41) is 0. The third kappa shape index (κ3) is 3.17. The van der Waals surface area contributed by atoms with Crippen LogP contribution in [0.1, 0.15) is 39.0 Å². The number of ether oxygens (including phenoxy) is 1. The number of nitrogens with zero attached hydrogens (tertiary/aromatic N) is 1. The van der Waals surface area contributed by atoms with E-state index in [0.29, 0.717) is 25.0 Å². The number of carbonyl (C=O) groups is 2. The Bertz CT molecular complexity index is 358. The molecule has 106 valence electrons. The lowest BCUT2D eigenvalue weighted by Crippen LogP contribution is -2.40. The lowest BCUT2D eigenvalue weighted by Gasteiger charge is -2.33. The predicted molar refractivity (Wildman–Crippen MR) is 72.4 cm³/mol. The average Bonchev–Trinajstić information content (AvgIpc) is 2.80. The summed E-state index contributed by atoms with van der Waals surface area (Å²) in [5.41, 5.74) is 0. The van der Waals surface area contributed by atoms with E-state index in [4.69, 9.17) is 4.74 Å². The van der Waals surface area contributed by atoms with Crippen LogP contribution in [0.25, 0.3) is 0 Å². The van der Waals surface area contributed by atoms with Crippen LogP contribution < -0.4 is 0 Å². The summed E-state index contributed by atoms with van der Waals surface area (Å²) in [6.07, 6.45) is 5.99. The SMILES string of the molecule is C=CC1CC(=O)N(C2CCC(C(=O)OCC)CC2)C1. The minimum Gasteiger partial charge on any atom is -0.466 e. The quantitative estimate of drug-likeness (QED) is 0.578. The topological polar surface area (TPSA) is 46.6 Å². The number of hydrogen-bond donors (Lipinski definition) is 0. The first-order chi connectivity index (χ1) is 9.15. The van der Waals surface area contributed by atoms with Crippen molar-refractivity contribution >= 4 is 11.9 Å². The zero-order valence-electron chi connectivity index (χ0n) is 11.6. The molecule has 0 aromatic carbocycles. The molecular formula is C15H23NO3. The van der Waals surface area contributed by atoms with Crippen molar-refractivity contribution in [3.63, 3.8) is 0 Å². The molecule has 1 heterocycles. The number of likely N-dealkylation sites (tertiary alicyclic amines) is 1. The molecule has 0 spiro atoms. The number of esters is 1. The molecule has 1 saturated carbocycles. The average molecular weight is 265 g/mol.